The Morgan fingerprint density at radius 2 is 2.00 bits per heavy atom. The van der Waals surface area contributed by atoms with E-state index in [1.54, 1.807) is 0 Å². The van der Waals surface area contributed by atoms with Crippen LogP contribution in [-0.4, -0.2) is 41.4 Å². The summed E-state index contributed by atoms with van der Waals surface area (Å²) < 4.78 is 0. The molecule has 90 valence electrons. The van der Waals surface area contributed by atoms with Gasteiger partial charge in [-0.2, -0.15) is 0 Å². The van der Waals surface area contributed by atoms with E-state index in [9.17, 15) is 4.79 Å². The Morgan fingerprint density at radius 3 is 2.40 bits per heavy atom. The zero-order chi connectivity index (χ0) is 12.1. The molecule has 0 aliphatic carbocycles. The average Bonchev–Trinajstić information content (AvgIpc) is 2.12. The lowest BCUT2D eigenvalue weighted by Gasteiger charge is -2.26. The van der Waals surface area contributed by atoms with E-state index < -0.39 is 6.10 Å². The number of rotatable bonds is 5. The van der Waals surface area contributed by atoms with Crippen LogP contribution >= 0.6 is 0 Å². The lowest BCUT2D eigenvalue weighted by Crippen LogP contribution is -2.42. The van der Waals surface area contributed by atoms with Gasteiger partial charge in [-0.3, -0.25) is 4.79 Å². The van der Waals surface area contributed by atoms with Crippen molar-refractivity contribution in [1.82, 2.24) is 5.32 Å². The van der Waals surface area contributed by atoms with Crippen LogP contribution in [0.25, 0.3) is 0 Å². The molecule has 2 atom stereocenters. The molecule has 0 saturated carbocycles. The molecule has 15 heavy (non-hydrogen) atoms. The Hall–Kier alpha value is -0.650. The molecule has 0 aromatic rings. The van der Waals surface area contributed by atoms with Crippen molar-refractivity contribution in [1.29, 1.82) is 0 Å². The summed E-state index contributed by atoms with van der Waals surface area (Å²) in [5, 5.41) is 20.0. The van der Waals surface area contributed by atoms with E-state index in [0.717, 1.165) is 0 Å². The van der Waals surface area contributed by atoms with Crippen LogP contribution in [0, 0.1) is 5.41 Å². The number of carbonyl (C=O) groups is 1. The molecule has 0 aliphatic heterocycles. The Kier molecular flexibility index (Phi) is 5.79. The highest BCUT2D eigenvalue weighted by atomic mass is 16.3. The molecule has 1 amide bonds. The Balaban J connectivity index is 3.84. The number of hydrogen-bond acceptors (Lipinski definition) is 4. The molecule has 0 spiro atoms. The third-order valence-corrected chi connectivity index (χ3v) is 2.26. The fourth-order valence-corrected chi connectivity index (χ4v) is 0.874. The van der Waals surface area contributed by atoms with E-state index in [4.69, 9.17) is 15.9 Å². The first-order valence-corrected chi connectivity index (χ1v) is 5.08. The van der Waals surface area contributed by atoms with Gasteiger partial charge in [-0.1, -0.05) is 20.8 Å². The summed E-state index contributed by atoms with van der Waals surface area (Å²) in [4.78, 5) is 11.3. The smallest absolute Gasteiger partial charge is 0.221 e. The van der Waals surface area contributed by atoms with Crippen LogP contribution in [0.2, 0.25) is 0 Å². The summed E-state index contributed by atoms with van der Waals surface area (Å²) in [6, 6.07) is -0.219. The van der Waals surface area contributed by atoms with Gasteiger partial charge in [0.15, 0.2) is 0 Å². The van der Waals surface area contributed by atoms with Crippen LogP contribution in [-0.2, 0) is 4.79 Å². The second-order valence-electron chi connectivity index (χ2n) is 4.82. The van der Waals surface area contributed by atoms with Crippen LogP contribution in [0.1, 0.15) is 27.2 Å². The SMILES string of the molecule is CC(C)(C)C(N)CC(=O)NCC(O)CO. The van der Waals surface area contributed by atoms with Crippen molar-refractivity contribution in [2.75, 3.05) is 13.2 Å². The second-order valence-corrected chi connectivity index (χ2v) is 4.82. The van der Waals surface area contributed by atoms with Gasteiger partial charge in [0, 0.05) is 19.0 Å². The molecule has 0 bridgehead atoms. The molecule has 0 aromatic carbocycles. The number of hydrogen-bond donors (Lipinski definition) is 4. The number of amides is 1. The maximum absolute atomic E-state index is 11.3. The summed E-state index contributed by atoms with van der Waals surface area (Å²) in [6.07, 6.45) is -0.679. The van der Waals surface area contributed by atoms with Crippen LogP contribution in [0.15, 0.2) is 0 Å². The normalized spacial score (nSPS) is 15.9. The minimum Gasteiger partial charge on any atom is -0.394 e. The Labute approximate surface area is 90.7 Å². The molecule has 0 aliphatic rings. The highest BCUT2D eigenvalue weighted by molar-refractivity contribution is 5.76. The zero-order valence-corrected chi connectivity index (χ0v) is 9.66. The Bertz CT molecular complexity index is 201. The van der Waals surface area contributed by atoms with Gasteiger partial charge in [0.25, 0.3) is 0 Å². The highest BCUT2D eigenvalue weighted by Crippen LogP contribution is 2.19. The predicted octanol–water partition coefficient (Wildman–Crippen LogP) is -0.781. The van der Waals surface area contributed by atoms with Gasteiger partial charge in [-0.05, 0) is 5.41 Å². The molecule has 0 saturated heterocycles. The van der Waals surface area contributed by atoms with Gasteiger partial charge in [0.05, 0.1) is 12.7 Å². The summed E-state index contributed by atoms with van der Waals surface area (Å²) in [5.41, 5.74) is 5.70. The molecule has 0 radical (unpaired) electrons. The summed E-state index contributed by atoms with van der Waals surface area (Å²) in [7, 11) is 0. The van der Waals surface area contributed by atoms with Crippen LogP contribution in [0.5, 0.6) is 0 Å². The highest BCUT2D eigenvalue weighted by Gasteiger charge is 2.23. The van der Waals surface area contributed by atoms with E-state index in [0.29, 0.717) is 0 Å². The van der Waals surface area contributed by atoms with Crippen molar-refractivity contribution in [3.05, 3.63) is 0 Å². The number of nitrogens with two attached hydrogens (primary N) is 1. The van der Waals surface area contributed by atoms with Gasteiger partial charge in [0.1, 0.15) is 0 Å². The molecule has 0 rings (SSSR count). The number of carbonyl (C=O) groups excluding carboxylic acids is 1. The quantitative estimate of drug-likeness (QED) is 0.487. The van der Waals surface area contributed by atoms with Crippen molar-refractivity contribution in [2.24, 2.45) is 11.1 Å². The molecule has 0 aromatic heterocycles. The fourth-order valence-electron chi connectivity index (χ4n) is 0.874. The summed E-state index contributed by atoms with van der Waals surface area (Å²) in [5.74, 6) is -0.204. The number of nitrogens with one attached hydrogen (secondary N) is 1. The van der Waals surface area contributed by atoms with Crippen LogP contribution in [0.4, 0.5) is 0 Å². The van der Waals surface area contributed by atoms with Gasteiger partial charge < -0.3 is 21.3 Å². The van der Waals surface area contributed by atoms with Gasteiger partial charge >= 0.3 is 0 Å². The largest absolute Gasteiger partial charge is 0.394 e. The van der Waals surface area contributed by atoms with Crippen molar-refractivity contribution in [3.63, 3.8) is 0 Å². The van der Waals surface area contributed by atoms with E-state index in [-0.39, 0.29) is 36.9 Å². The topological polar surface area (TPSA) is 95.6 Å². The Morgan fingerprint density at radius 1 is 1.47 bits per heavy atom. The molecule has 5 N–H and O–H groups in total. The van der Waals surface area contributed by atoms with E-state index in [1.165, 1.54) is 0 Å². The van der Waals surface area contributed by atoms with Crippen LogP contribution < -0.4 is 11.1 Å². The second kappa shape index (κ2) is 6.05. The molecule has 5 heteroatoms. The summed E-state index contributed by atoms with van der Waals surface area (Å²) in [6.45, 7) is 5.60. The first-order chi connectivity index (χ1) is 6.77. The molecule has 5 nitrogen and oxygen atoms in total. The molecule has 0 fully saturated rings. The van der Waals surface area contributed by atoms with Crippen molar-refractivity contribution in [3.8, 4) is 0 Å². The van der Waals surface area contributed by atoms with Gasteiger partial charge in [-0.15, -0.1) is 0 Å². The maximum atomic E-state index is 11.3. The van der Waals surface area contributed by atoms with Crippen LogP contribution in [0.3, 0.4) is 0 Å². The van der Waals surface area contributed by atoms with E-state index >= 15 is 0 Å². The fraction of sp³-hybridized carbons (Fsp3) is 0.900. The third-order valence-electron chi connectivity index (χ3n) is 2.26. The lowest BCUT2D eigenvalue weighted by atomic mass is 9.85. The van der Waals surface area contributed by atoms with E-state index in [2.05, 4.69) is 5.32 Å². The minimum atomic E-state index is -0.903. The zero-order valence-electron chi connectivity index (χ0n) is 9.66. The average molecular weight is 218 g/mol. The van der Waals surface area contributed by atoms with Crippen molar-refractivity contribution >= 4 is 5.91 Å². The first kappa shape index (κ1) is 14.3. The standard InChI is InChI=1S/C10H22N2O3/c1-10(2,3)8(11)4-9(15)12-5-7(14)6-13/h7-8,13-14H,4-6,11H2,1-3H3,(H,12,15). The minimum absolute atomic E-state index is 0.0617. The molecular formula is C10H22N2O3. The van der Waals surface area contributed by atoms with Crippen molar-refractivity contribution in [2.45, 2.75) is 39.3 Å². The van der Waals surface area contributed by atoms with Gasteiger partial charge in [-0.25, -0.2) is 0 Å². The molecular weight excluding hydrogens is 196 g/mol. The molecule has 2 unspecified atom stereocenters. The van der Waals surface area contributed by atoms with Gasteiger partial charge in [0.2, 0.25) is 5.91 Å². The summed E-state index contributed by atoms with van der Waals surface area (Å²) >= 11 is 0. The van der Waals surface area contributed by atoms with E-state index in [1.807, 2.05) is 20.8 Å². The number of aliphatic hydroxyl groups is 2. The third kappa shape index (κ3) is 6.43. The molecule has 0 heterocycles. The first-order valence-electron chi connectivity index (χ1n) is 5.08. The van der Waals surface area contributed by atoms with Crippen molar-refractivity contribution < 1.29 is 15.0 Å². The maximum Gasteiger partial charge on any atom is 0.221 e. The number of aliphatic hydroxyl groups excluding tert-OH is 2. The lowest BCUT2D eigenvalue weighted by molar-refractivity contribution is -0.122. The monoisotopic (exact) mass is 218 g/mol. The predicted molar refractivity (Wildman–Crippen MR) is 58.1 cm³/mol.